The zero-order valence-electron chi connectivity index (χ0n) is 25.1. The number of piperidine rings is 1. The Morgan fingerprint density at radius 2 is 1.58 bits per heavy atom. The molecule has 0 bridgehead atoms. The first-order chi connectivity index (χ1) is 20.8. The average molecular weight is 592 g/mol. The van der Waals surface area contributed by atoms with E-state index >= 15 is 0 Å². The van der Waals surface area contributed by atoms with Gasteiger partial charge in [0.15, 0.2) is 0 Å². The number of aromatic carboxylic acids is 1. The average Bonchev–Trinajstić information content (AvgIpc) is 3.03. The molecule has 2 heterocycles. The minimum atomic E-state index is -0.970. The molecule has 9 heteroatoms. The van der Waals surface area contributed by atoms with Gasteiger partial charge in [0.2, 0.25) is 11.8 Å². The fourth-order valence-corrected chi connectivity index (χ4v) is 6.93. The van der Waals surface area contributed by atoms with E-state index in [9.17, 15) is 19.5 Å². The number of rotatable bonds is 11. The molecule has 2 aromatic carbocycles. The Balaban J connectivity index is 1.16. The summed E-state index contributed by atoms with van der Waals surface area (Å²) in [7, 11) is 0. The molecule has 2 saturated heterocycles. The summed E-state index contributed by atoms with van der Waals surface area (Å²) in [4.78, 5) is 42.5. The molecule has 43 heavy (non-hydrogen) atoms. The van der Waals surface area contributed by atoms with E-state index in [1.165, 1.54) is 18.6 Å². The molecule has 0 unspecified atom stereocenters. The van der Waals surface area contributed by atoms with Crippen LogP contribution in [-0.2, 0) is 16.1 Å². The monoisotopic (exact) mass is 591 g/mol. The molecule has 3 aliphatic rings. The van der Waals surface area contributed by atoms with Gasteiger partial charge >= 0.3 is 5.97 Å². The van der Waals surface area contributed by atoms with Crippen molar-refractivity contribution in [3.05, 3.63) is 59.7 Å². The number of nitrogens with zero attached hydrogens (tertiary/aromatic N) is 2. The number of piperazine rings is 1. The fraction of sp³-hybridized carbons (Fsp3) is 0.559. The van der Waals surface area contributed by atoms with E-state index in [1.54, 1.807) is 17.0 Å². The topological polar surface area (TPSA) is 119 Å². The molecule has 2 aliphatic heterocycles. The van der Waals surface area contributed by atoms with E-state index in [1.807, 2.05) is 24.3 Å². The zero-order valence-corrected chi connectivity index (χ0v) is 25.1. The summed E-state index contributed by atoms with van der Waals surface area (Å²) in [6.45, 7) is 5.11. The second-order valence-corrected chi connectivity index (χ2v) is 12.4. The van der Waals surface area contributed by atoms with Crippen LogP contribution in [0.3, 0.4) is 0 Å². The van der Waals surface area contributed by atoms with E-state index in [0.717, 1.165) is 76.6 Å². The molecule has 1 saturated carbocycles. The molecule has 0 spiro atoms. The molecule has 9 nitrogen and oxygen atoms in total. The number of hydrogen-bond acceptors (Lipinski definition) is 6. The van der Waals surface area contributed by atoms with Crippen LogP contribution in [0.5, 0.6) is 11.5 Å². The van der Waals surface area contributed by atoms with Crippen LogP contribution in [0.2, 0.25) is 0 Å². The lowest BCUT2D eigenvalue weighted by Gasteiger charge is -2.46. The first-order valence-electron chi connectivity index (χ1n) is 16.0. The third-order valence-electron chi connectivity index (χ3n) is 9.42. The molecule has 5 rings (SSSR count). The lowest BCUT2D eigenvalue weighted by molar-refractivity contribution is -0.157. The molecule has 3 atom stereocenters. The van der Waals surface area contributed by atoms with Gasteiger partial charge in [-0.05, 0) is 99.0 Å². The summed E-state index contributed by atoms with van der Waals surface area (Å²) in [6, 6.07) is 12.9. The highest BCUT2D eigenvalue weighted by Gasteiger charge is 2.48. The minimum absolute atomic E-state index is 0.0711. The fourth-order valence-electron chi connectivity index (χ4n) is 6.93. The maximum atomic E-state index is 13.7. The molecule has 2 aromatic rings. The number of ether oxygens (including phenoxy) is 1. The van der Waals surface area contributed by atoms with E-state index in [0.29, 0.717) is 18.0 Å². The number of unbranched alkanes of at least 4 members (excludes halogenated alkanes) is 1. The van der Waals surface area contributed by atoms with Crippen molar-refractivity contribution in [1.82, 2.24) is 15.1 Å². The Morgan fingerprint density at radius 1 is 0.953 bits per heavy atom. The number of benzene rings is 2. The van der Waals surface area contributed by atoms with Crippen molar-refractivity contribution in [1.29, 1.82) is 0 Å². The lowest BCUT2D eigenvalue weighted by atomic mass is 9.80. The molecule has 1 aliphatic carbocycles. The SMILES string of the molecule is CCCCN1C(=O)[C@@H]([C@H](O)C2CCCCC2)NC(=O)[C@H]1C1CCN(Cc2ccc(Oc3ccc(C(=O)O)cc3)cc2)CC1. The van der Waals surface area contributed by atoms with Crippen molar-refractivity contribution in [3.8, 4) is 11.5 Å². The lowest BCUT2D eigenvalue weighted by Crippen LogP contribution is -2.69. The Morgan fingerprint density at radius 3 is 2.19 bits per heavy atom. The van der Waals surface area contributed by atoms with Gasteiger partial charge < -0.3 is 25.2 Å². The number of aliphatic hydroxyl groups excluding tert-OH is 1. The maximum Gasteiger partial charge on any atom is 0.335 e. The number of amides is 2. The summed E-state index contributed by atoms with van der Waals surface area (Å²) in [5, 5.41) is 23.1. The van der Waals surface area contributed by atoms with Gasteiger partial charge in [0.25, 0.3) is 0 Å². The normalized spacial score (nSPS) is 23.2. The highest BCUT2D eigenvalue weighted by Crippen LogP contribution is 2.33. The Labute approximate surface area is 254 Å². The summed E-state index contributed by atoms with van der Waals surface area (Å²) in [5.74, 6) is 0.226. The van der Waals surface area contributed by atoms with Gasteiger partial charge in [-0.3, -0.25) is 14.5 Å². The maximum absolute atomic E-state index is 13.7. The van der Waals surface area contributed by atoms with Crippen LogP contribution >= 0.6 is 0 Å². The van der Waals surface area contributed by atoms with Crippen LogP contribution in [0.25, 0.3) is 0 Å². The van der Waals surface area contributed by atoms with Crippen molar-refractivity contribution in [2.45, 2.75) is 89.4 Å². The molecule has 3 fully saturated rings. The van der Waals surface area contributed by atoms with Crippen molar-refractivity contribution in [3.63, 3.8) is 0 Å². The van der Waals surface area contributed by atoms with Gasteiger partial charge in [-0.25, -0.2) is 4.79 Å². The van der Waals surface area contributed by atoms with Gasteiger partial charge in [-0.1, -0.05) is 44.7 Å². The number of carboxylic acids is 1. The van der Waals surface area contributed by atoms with Gasteiger partial charge in [0, 0.05) is 13.1 Å². The third-order valence-corrected chi connectivity index (χ3v) is 9.42. The molecule has 0 radical (unpaired) electrons. The van der Waals surface area contributed by atoms with Crippen molar-refractivity contribution < 1.29 is 29.3 Å². The molecular weight excluding hydrogens is 546 g/mol. The molecule has 2 amide bonds. The highest BCUT2D eigenvalue weighted by molar-refractivity contribution is 5.97. The van der Waals surface area contributed by atoms with E-state index in [2.05, 4.69) is 17.1 Å². The van der Waals surface area contributed by atoms with Crippen LogP contribution in [0.15, 0.2) is 48.5 Å². The first kappa shape index (κ1) is 31.0. The van der Waals surface area contributed by atoms with Crippen LogP contribution in [0.1, 0.15) is 80.6 Å². The van der Waals surface area contributed by atoms with Crippen molar-refractivity contribution in [2.75, 3.05) is 19.6 Å². The third kappa shape index (κ3) is 7.57. The second-order valence-electron chi connectivity index (χ2n) is 12.4. The first-order valence-corrected chi connectivity index (χ1v) is 16.0. The molecular formula is C34H45N3O6. The predicted molar refractivity (Wildman–Crippen MR) is 163 cm³/mol. The number of aliphatic hydroxyl groups is 1. The largest absolute Gasteiger partial charge is 0.478 e. The standard InChI is InChI=1S/C34H45N3O6/c1-2-3-19-37-30(32(39)35-29(33(37)40)31(38)25-7-5-4-6-8-25)24-17-20-36(21-18-24)22-23-9-13-27(14-10-23)43-28-15-11-26(12-16-28)34(41)42/h9-16,24-25,29-31,38H,2-8,17-22H2,1H3,(H,35,39)(H,41,42)/t29-,30-,31-/m1/s1. The van der Waals surface area contributed by atoms with E-state index < -0.39 is 24.2 Å². The highest BCUT2D eigenvalue weighted by atomic mass is 16.5. The van der Waals surface area contributed by atoms with Gasteiger partial charge in [-0.2, -0.15) is 0 Å². The zero-order chi connectivity index (χ0) is 30.3. The second kappa shape index (κ2) is 14.4. The van der Waals surface area contributed by atoms with Gasteiger partial charge in [0.1, 0.15) is 23.6 Å². The predicted octanol–water partition coefficient (Wildman–Crippen LogP) is 4.83. The van der Waals surface area contributed by atoms with Gasteiger partial charge in [-0.15, -0.1) is 0 Å². The van der Waals surface area contributed by atoms with E-state index in [-0.39, 0.29) is 29.2 Å². The Hall–Kier alpha value is -3.43. The summed E-state index contributed by atoms with van der Waals surface area (Å²) >= 11 is 0. The van der Waals surface area contributed by atoms with Crippen molar-refractivity contribution >= 4 is 17.8 Å². The smallest absolute Gasteiger partial charge is 0.335 e. The summed E-state index contributed by atoms with van der Waals surface area (Å²) in [5.41, 5.74) is 1.37. The van der Waals surface area contributed by atoms with E-state index in [4.69, 9.17) is 9.84 Å². The van der Waals surface area contributed by atoms with Crippen molar-refractivity contribution in [2.24, 2.45) is 11.8 Å². The summed E-state index contributed by atoms with van der Waals surface area (Å²) < 4.78 is 5.86. The number of carbonyl (C=O) groups is 3. The van der Waals surface area contributed by atoms with Gasteiger partial charge in [0.05, 0.1) is 11.7 Å². The number of hydrogen-bond donors (Lipinski definition) is 3. The molecule has 3 N–H and O–H groups in total. The number of carbonyl (C=O) groups excluding carboxylic acids is 2. The van der Waals surface area contributed by atoms with Crippen LogP contribution < -0.4 is 10.1 Å². The molecule has 0 aromatic heterocycles. The molecule has 232 valence electrons. The number of likely N-dealkylation sites (tertiary alicyclic amines) is 1. The van der Waals surface area contributed by atoms with Crippen LogP contribution in [0.4, 0.5) is 0 Å². The minimum Gasteiger partial charge on any atom is -0.478 e. The number of nitrogens with one attached hydrogen (secondary N) is 1. The van der Waals surface area contributed by atoms with Crippen LogP contribution in [-0.4, -0.2) is 75.6 Å². The summed E-state index contributed by atoms with van der Waals surface area (Å²) in [6.07, 6.45) is 7.75. The Kier molecular flexibility index (Phi) is 10.4. The quantitative estimate of drug-likeness (QED) is 0.343. The number of carboxylic acid groups (broad SMARTS) is 1. The van der Waals surface area contributed by atoms with Crippen LogP contribution in [0, 0.1) is 11.8 Å². The Bertz CT molecular complexity index is 1240.